The molecule has 0 aliphatic heterocycles. The number of nitrogens with one attached hydrogen (secondary N) is 1. The summed E-state index contributed by atoms with van der Waals surface area (Å²) in [7, 11) is 1.54. The third-order valence-electron chi connectivity index (χ3n) is 3.77. The van der Waals surface area contributed by atoms with Crippen LogP contribution in [0.3, 0.4) is 0 Å². The third kappa shape index (κ3) is 3.68. The molecule has 0 fully saturated rings. The van der Waals surface area contributed by atoms with Crippen LogP contribution < -0.4 is 5.32 Å². The summed E-state index contributed by atoms with van der Waals surface area (Å²) in [5, 5.41) is 2.87. The van der Waals surface area contributed by atoms with Gasteiger partial charge in [0.25, 0.3) is 5.91 Å². The number of nitrogens with zero attached hydrogens (tertiary/aromatic N) is 2. The minimum absolute atomic E-state index is 0.137. The molecule has 2 aromatic rings. The highest BCUT2D eigenvalue weighted by molar-refractivity contribution is 5.84. The smallest absolute Gasteiger partial charge is 0.252 e. The Labute approximate surface area is 130 Å². The summed E-state index contributed by atoms with van der Waals surface area (Å²) in [4.78, 5) is 21.0. The molecule has 5 heteroatoms. The second kappa shape index (κ2) is 7.13. The second-order valence-electron chi connectivity index (χ2n) is 5.20. The third-order valence-corrected chi connectivity index (χ3v) is 3.77. The largest absolute Gasteiger partial charge is 0.369 e. The number of methoxy groups -OCH3 is 1. The van der Waals surface area contributed by atoms with Crippen molar-refractivity contribution in [1.82, 2.24) is 15.3 Å². The van der Waals surface area contributed by atoms with Gasteiger partial charge in [-0.15, -0.1) is 0 Å². The van der Waals surface area contributed by atoms with Crippen LogP contribution in [0.4, 0.5) is 0 Å². The maximum Gasteiger partial charge on any atom is 0.252 e. The van der Waals surface area contributed by atoms with Gasteiger partial charge in [-0.05, 0) is 37.6 Å². The summed E-state index contributed by atoms with van der Waals surface area (Å²) < 4.78 is 5.29. The molecule has 0 spiro atoms. The highest BCUT2D eigenvalue weighted by Crippen LogP contribution is 2.15. The molecule has 0 aromatic carbocycles. The second-order valence-corrected chi connectivity index (χ2v) is 5.20. The van der Waals surface area contributed by atoms with Gasteiger partial charge in [0.05, 0.1) is 23.6 Å². The zero-order chi connectivity index (χ0) is 16.0. The van der Waals surface area contributed by atoms with Crippen molar-refractivity contribution < 1.29 is 9.53 Å². The van der Waals surface area contributed by atoms with Crippen LogP contribution in [-0.4, -0.2) is 28.6 Å². The van der Waals surface area contributed by atoms with Crippen molar-refractivity contribution in [3.63, 3.8) is 0 Å². The number of rotatable bonds is 6. The predicted molar refractivity (Wildman–Crippen MR) is 85.0 cm³/mol. The molecule has 2 rings (SSSR count). The maximum absolute atomic E-state index is 12.2. The number of pyridine rings is 2. The first-order chi connectivity index (χ1) is 10.6. The van der Waals surface area contributed by atoms with Crippen LogP contribution in [0.25, 0.3) is 11.4 Å². The molecular formula is C17H21N3O2. The summed E-state index contributed by atoms with van der Waals surface area (Å²) in [5.74, 6) is -0.137. The van der Waals surface area contributed by atoms with Crippen molar-refractivity contribution in [2.45, 2.75) is 32.4 Å². The molecule has 0 aliphatic rings. The monoisotopic (exact) mass is 299 g/mol. The fourth-order valence-corrected chi connectivity index (χ4v) is 1.99. The molecule has 2 heterocycles. The van der Waals surface area contributed by atoms with Gasteiger partial charge in [0, 0.05) is 13.3 Å². The standard InChI is InChI=1S/C17H21N3O2/c1-4-17(2,22-3)16(21)19-12-13-8-7-10-15(20-13)14-9-5-6-11-18-14/h5-11H,4,12H2,1-3H3,(H,19,21). The van der Waals surface area contributed by atoms with Crippen molar-refractivity contribution >= 4 is 5.91 Å². The van der Waals surface area contributed by atoms with Crippen molar-refractivity contribution in [2.24, 2.45) is 0 Å². The molecule has 0 saturated carbocycles. The number of hydrogen-bond donors (Lipinski definition) is 1. The van der Waals surface area contributed by atoms with E-state index in [-0.39, 0.29) is 5.91 Å². The molecule has 0 radical (unpaired) electrons. The zero-order valence-electron chi connectivity index (χ0n) is 13.2. The van der Waals surface area contributed by atoms with Crippen LogP contribution in [0, 0.1) is 0 Å². The van der Waals surface area contributed by atoms with Crippen LogP contribution in [-0.2, 0) is 16.1 Å². The number of carbonyl (C=O) groups is 1. The minimum atomic E-state index is -0.807. The predicted octanol–water partition coefficient (Wildman–Crippen LogP) is 2.57. The van der Waals surface area contributed by atoms with E-state index in [0.29, 0.717) is 13.0 Å². The van der Waals surface area contributed by atoms with E-state index in [4.69, 9.17) is 4.74 Å². The van der Waals surface area contributed by atoms with E-state index in [1.54, 1.807) is 20.2 Å². The van der Waals surface area contributed by atoms with Crippen molar-refractivity contribution in [3.05, 3.63) is 48.3 Å². The van der Waals surface area contributed by atoms with Gasteiger partial charge in [-0.1, -0.05) is 19.1 Å². The Morgan fingerprint density at radius 3 is 2.64 bits per heavy atom. The molecule has 1 unspecified atom stereocenters. The van der Waals surface area contributed by atoms with Crippen LogP contribution in [0.2, 0.25) is 0 Å². The van der Waals surface area contributed by atoms with Gasteiger partial charge in [0.15, 0.2) is 0 Å². The average molecular weight is 299 g/mol. The van der Waals surface area contributed by atoms with E-state index in [2.05, 4.69) is 15.3 Å². The van der Waals surface area contributed by atoms with E-state index in [0.717, 1.165) is 17.1 Å². The highest BCUT2D eigenvalue weighted by atomic mass is 16.5. The number of hydrogen-bond acceptors (Lipinski definition) is 4. The first-order valence-electron chi connectivity index (χ1n) is 7.30. The van der Waals surface area contributed by atoms with Crippen LogP contribution in [0.15, 0.2) is 42.6 Å². The number of ether oxygens (including phenoxy) is 1. The summed E-state index contributed by atoms with van der Waals surface area (Å²) in [5.41, 5.74) is 1.58. The Balaban J connectivity index is 2.07. The average Bonchev–Trinajstić information content (AvgIpc) is 2.60. The van der Waals surface area contributed by atoms with Crippen molar-refractivity contribution in [3.8, 4) is 11.4 Å². The number of aromatic nitrogens is 2. The molecular weight excluding hydrogens is 278 g/mol. The van der Waals surface area contributed by atoms with E-state index >= 15 is 0 Å². The first-order valence-corrected chi connectivity index (χ1v) is 7.30. The Morgan fingerprint density at radius 2 is 2.00 bits per heavy atom. The Hall–Kier alpha value is -2.27. The van der Waals surface area contributed by atoms with Gasteiger partial charge < -0.3 is 10.1 Å². The van der Waals surface area contributed by atoms with Gasteiger partial charge in [-0.3, -0.25) is 9.78 Å². The summed E-state index contributed by atoms with van der Waals surface area (Å²) in [6.45, 7) is 4.06. The molecule has 1 amide bonds. The van der Waals surface area contributed by atoms with Crippen LogP contribution >= 0.6 is 0 Å². The Morgan fingerprint density at radius 1 is 1.23 bits per heavy atom. The molecule has 116 valence electrons. The molecule has 22 heavy (non-hydrogen) atoms. The molecule has 5 nitrogen and oxygen atoms in total. The summed E-state index contributed by atoms with van der Waals surface area (Å²) in [6.07, 6.45) is 2.34. The SMILES string of the molecule is CCC(C)(OC)C(=O)NCc1cccc(-c2ccccn2)n1. The number of amides is 1. The summed E-state index contributed by atoms with van der Waals surface area (Å²) >= 11 is 0. The maximum atomic E-state index is 12.2. The molecule has 0 saturated heterocycles. The van der Waals surface area contributed by atoms with Gasteiger partial charge in [0.2, 0.25) is 0 Å². The van der Waals surface area contributed by atoms with E-state index < -0.39 is 5.60 Å². The lowest BCUT2D eigenvalue weighted by atomic mass is 10.0. The fourth-order valence-electron chi connectivity index (χ4n) is 1.99. The minimum Gasteiger partial charge on any atom is -0.369 e. The lowest BCUT2D eigenvalue weighted by molar-refractivity contribution is -0.142. The van der Waals surface area contributed by atoms with Gasteiger partial charge in [0.1, 0.15) is 5.60 Å². The molecule has 2 aromatic heterocycles. The van der Waals surface area contributed by atoms with Crippen LogP contribution in [0.1, 0.15) is 26.0 Å². The number of carbonyl (C=O) groups excluding carboxylic acids is 1. The van der Waals surface area contributed by atoms with Gasteiger partial charge >= 0.3 is 0 Å². The fraction of sp³-hybridized carbons (Fsp3) is 0.353. The van der Waals surface area contributed by atoms with Crippen molar-refractivity contribution in [2.75, 3.05) is 7.11 Å². The van der Waals surface area contributed by atoms with Crippen molar-refractivity contribution in [1.29, 1.82) is 0 Å². The van der Waals surface area contributed by atoms with Crippen LogP contribution in [0.5, 0.6) is 0 Å². The lowest BCUT2D eigenvalue weighted by Gasteiger charge is -2.25. The quantitative estimate of drug-likeness (QED) is 0.890. The van der Waals surface area contributed by atoms with E-state index in [1.165, 1.54) is 0 Å². The summed E-state index contributed by atoms with van der Waals surface area (Å²) in [6, 6.07) is 11.4. The Kier molecular flexibility index (Phi) is 5.22. The first kappa shape index (κ1) is 16.1. The lowest BCUT2D eigenvalue weighted by Crippen LogP contribution is -2.45. The Bertz CT molecular complexity index is 625. The van der Waals surface area contributed by atoms with E-state index in [1.807, 2.05) is 43.3 Å². The van der Waals surface area contributed by atoms with E-state index in [9.17, 15) is 4.79 Å². The normalized spacial score (nSPS) is 13.4. The zero-order valence-corrected chi connectivity index (χ0v) is 13.2. The van der Waals surface area contributed by atoms with Gasteiger partial charge in [-0.2, -0.15) is 0 Å². The topological polar surface area (TPSA) is 64.1 Å². The molecule has 1 atom stereocenters. The van der Waals surface area contributed by atoms with Gasteiger partial charge in [-0.25, -0.2) is 4.98 Å². The molecule has 0 bridgehead atoms. The molecule has 0 aliphatic carbocycles. The highest BCUT2D eigenvalue weighted by Gasteiger charge is 2.30. The molecule has 1 N–H and O–H groups in total.